The summed E-state index contributed by atoms with van der Waals surface area (Å²) in [6, 6.07) is 15.6. The fourth-order valence-corrected chi connectivity index (χ4v) is 4.28. The maximum absolute atomic E-state index is 12.3. The van der Waals surface area contributed by atoms with Crippen LogP contribution in [0.25, 0.3) is 0 Å². The molecule has 2 N–H and O–H groups in total. The molecule has 3 aromatic rings. The van der Waals surface area contributed by atoms with Gasteiger partial charge in [-0.2, -0.15) is 0 Å². The van der Waals surface area contributed by atoms with Crippen LogP contribution in [-0.4, -0.2) is 50.8 Å². The number of ether oxygens (including phenoxy) is 1. The molecule has 7 nitrogen and oxygen atoms in total. The van der Waals surface area contributed by atoms with E-state index in [1.807, 2.05) is 41.8 Å². The van der Waals surface area contributed by atoms with Crippen molar-refractivity contribution < 1.29 is 13.9 Å². The van der Waals surface area contributed by atoms with Gasteiger partial charge in [0.1, 0.15) is 11.5 Å². The van der Waals surface area contributed by atoms with Crippen LogP contribution in [0.1, 0.15) is 11.8 Å². The number of anilines is 2. The zero-order valence-corrected chi connectivity index (χ0v) is 17.7. The smallest absolute Gasteiger partial charge is 0.319 e. The van der Waals surface area contributed by atoms with Gasteiger partial charge in [0.15, 0.2) is 0 Å². The topological polar surface area (TPSA) is 70.0 Å². The van der Waals surface area contributed by atoms with E-state index in [9.17, 15) is 4.79 Å². The first-order chi connectivity index (χ1) is 14.7. The molecule has 0 bridgehead atoms. The third-order valence-corrected chi connectivity index (χ3v) is 6.06. The van der Waals surface area contributed by atoms with E-state index in [0.29, 0.717) is 6.54 Å². The highest BCUT2D eigenvalue weighted by molar-refractivity contribution is 7.14. The van der Waals surface area contributed by atoms with E-state index in [4.69, 9.17) is 9.15 Å². The van der Waals surface area contributed by atoms with Gasteiger partial charge >= 0.3 is 6.03 Å². The summed E-state index contributed by atoms with van der Waals surface area (Å²) < 4.78 is 10.9. The van der Waals surface area contributed by atoms with Gasteiger partial charge in [0.25, 0.3) is 0 Å². The molecule has 1 atom stereocenters. The molecule has 0 radical (unpaired) electrons. The Morgan fingerprint density at radius 1 is 1.13 bits per heavy atom. The number of piperazine rings is 1. The Morgan fingerprint density at radius 3 is 2.57 bits per heavy atom. The van der Waals surface area contributed by atoms with E-state index >= 15 is 0 Å². The fourth-order valence-electron chi connectivity index (χ4n) is 3.67. The van der Waals surface area contributed by atoms with Gasteiger partial charge in [-0.1, -0.05) is 0 Å². The SMILES string of the molecule is COc1ccc(N2CCN([C@@H](CNC(=O)Nc3cccs3)c3ccco3)CC2)cc1. The fraction of sp³-hybridized carbons (Fsp3) is 0.318. The van der Waals surface area contributed by atoms with Crippen molar-refractivity contribution in [3.63, 3.8) is 0 Å². The average Bonchev–Trinajstić information content (AvgIpc) is 3.49. The van der Waals surface area contributed by atoms with Crippen LogP contribution in [0.15, 0.2) is 64.6 Å². The summed E-state index contributed by atoms with van der Waals surface area (Å²) in [4.78, 5) is 17.0. The van der Waals surface area contributed by atoms with Gasteiger partial charge in [-0.25, -0.2) is 4.79 Å². The highest BCUT2D eigenvalue weighted by Gasteiger charge is 2.27. The van der Waals surface area contributed by atoms with Crippen LogP contribution in [0.2, 0.25) is 0 Å². The number of thiophene rings is 1. The molecule has 1 saturated heterocycles. The zero-order valence-electron chi connectivity index (χ0n) is 16.9. The van der Waals surface area contributed by atoms with Crippen molar-refractivity contribution in [2.24, 2.45) is 0 Å². The van der Waals surface area contributed by atoms with E-state index in [1.165, 1.54) is 17.0 Å². The Morgan fingerprint density at radius 2 is 1.93 bits per heavy atom. The molecule has 30 heavy (non-hydrogen) atoms. The summed E-state index contributed by atoms with van der Waals surface area (Å²) in [5.41, 5.74) is 1.19. The molecule has 158 valence electrons. The summed E-state index contributed by atoms with van der Waals surface area (Å²) in [6.07, 6.45) is 1.68. The minimum Gasteiger partial charge on any atom is -0.497 e. The highest BCUT2D eigenvalue weighted by Crippen LogP contribution is 2.25. The molecule has 0 aliphatic carbocycles. The maximum atomic E-state index is 12.3. The molecule has 1 fully saturated rings. The summed E-state index contributed by atoms with van der Waals surface area (Å²) in [5.74, 6) is 1.73. The van der Waals surface area contributed by atoms with Crippen LogP contribution >= 0.6 is 11.3 Å². The molecule has 2 amide bonds. The lowest BCUT2D eigenvalue weighted by Crippen LogP contribution is -2.50. The number of urea groups is 1. The van der Waals surface area contributed by atoms with Crippen LogP contribution in [0.5, 0.6) is 5.75 Å². The second-order valence-electron chi connectivity index (χ2n) is 7.06. The van der Waals surface area contributed by atoms with Crippen LogP contribution in [-0.2, 0) is 0 Å². The van der Waals surface area contributed by atoms with Gasteiger partial charge < -0.3 is 19.4 Å². The standard InChI is InChI=1S/C22H26N4O3S/c1-28-18-8-6-17(7-9-18)25-10-12-26(13-11-25)19(20-4-2-14-29-20)16-23-22(27)24-21-5-3-15-30-21/h2-9,14-15,19H,10-13,16H2,1H3,(H2,23,24,27)/t19-/m0/s1. The van der Waals surface area contributed by atoms with Crippen LogP contribution in [0, 0.1) is 0 Å². The first kappa shape index (κ1) is 20.3. The number of rotatable bonds is 7. The molecule has 0 unspecified atom stereocenters. The van der Waals surface area contributed by atoms with Gasteiger partial charge in [0, 0.05) is 38.4 Å². The minimum absolute atomic E-state index is 0.00731. The van der Waals surface area contributed by atoms with E-state index < -0.39 is 0 Å². The highest BCUT2D eigenvalue weighted by atomic mass is 32.1. The molecular formula is C22H26N4O3S. The zero-order chi connectivity index (χ0) is 20.8. The lowest BCUT2D eigenvalue weighted by atomic mass is 10.1. The number of methoxy groups -OCH3 is 1. The van der Waals surface area contributed by atoms with Gasteiger partial charge in [-0.05, 0) is 53.9 Å². The Labute approximate surface area is 180 Å². The Balaban J connectivity index is 1.35. The number of carbonyl (C=O) groups excluding carboxylic acids is 1. The Kier molecular flexibility index (Phi) is 6.56. The van der Waals surface area contributed by atoms with E-state index in [2.05, 4.69) is 32.6 Å². The molecule has 1 aromatic carbocycles. The summed E-state index contributed by atoms with van der Waals surface area (Å²) in [7, 11) is 1.68. The molecule has 4 rings (SSSR count). The van der Waals surface area contributed by atoms with Crippen molar-refractivity contribution in [2.45, 2.75) is 6.04 Å². The van der Waals surface area contributed by atoms with E-state index in [-0.39, 0.29) is 12.1 Å². The molecule has 0 spiro atoms. The van der Waals surface area contributed by atoms with Crippen molar-refractivity contribution in [1.82, 2.24) is 10.2 Å². The third-order valence-electron chi connectivity index (χ3n) is 5.28. The molecule has 0 saturated carbocycles. The quantitative estimate of drug-likeness (QED) is 0.597. The minimum atomic E-state index is -0.203. The Bertz CT molecular complexity index is 905. The van der Waals surface area contributed by atoms with Crippen LogP contribution in [0.3, 0.4) is 0 Å². The van der Waals surface area contributed by atoms with Gasteiger partial charge in [-0.15, -0.1) is 11.3 Å². The number of carbonyl (C=O) groups is 1. The van der Waals surface area contributed by atoms with E-state index in [0.717, 1.165) is 42.7 Å². The number of furan rings is 1. The van der Waals surface area contributed by atoms with Crippen LogP contribution < -0.4 is 20.3 Å². The van der Waals surface area contributed by atoms with Crippen molar-refractivity contribution in [3.05, 3.63) is 65.9 Å². The second-order valence-corrected chi connectivity index (χ2v) is 8.01. The first-order valence-corrected chi connectivity index (χ1v) is 10.9. The monoisotopic (exact) mass is 426 g/mol. The predicted octanol–water partition coefficient (Wildman–Crippen LogP) is 4.03. The predicted molar refractivity (Wildman–Crippen MR) is 120 cm³/mol. The van der Waals surface area contributed by atoms with Gasteiger partial charge in [-0.3, -0.25) is 10.2 Å². The normalized spacial score (nSPS) is 15.6. The maximum Gasteiger partial charge on any atom is 0.319 e. The van der Waals surface area contributed by atoms with E-state index in [1.54, 1.807) is 13.4 Å². The van der Waals surface area contributed by atoms with Gasteiger partial charge in [0.05, 0.1) is 24.4 Å². The first-order valence-electron chi connectivity index (χ1n) is 9.98. The molecule has 2 aromatic heterocycles. The van der Waals surface area contributed by atoms with Gasteiger partial charge in [0.2, 0.25) is 0 Å². The number of hydrogen-bond donors (Lipinski definition) is 2. The number of hydrogen-bond acceptors (Lipinski definition) is 6. The van der Waals surface area contributed by atoms with Crippen molar-refractivity contribution in [3.8, 4) is 5.75 Å². The lowest BCUT2D eigenvalue weighted by Gasteiger charge is -2.39. The third kappa shape index (κ3) is 4.95. The number of benzene rings is 1. The molecule has 1 aliphatic rings. The average molecular weight is 427 g/mol. The second kappa shape index (κ2) is 9.69. The van der Waals surface area contributed by atoms with Crippen molar-refractivity contribution >= 4 is 28.1 Å². The van der Waals surface area contributed by atoms with Crippen LogP contribution in [0.4, 0.5) is 15.5 Å². The molecular weight excluding hydrogens is 400 g/mol. The van der Waals surface area contributed by atoms with Crippen molar-refractivity contribution in [1.29, 1.82) is 0 Å². The molecule has 3 heterocycles. The summed E-state index contributed by atoms with van der Waals surface area (Å²) in [6.45, 7) is 4.06. The largest absolute Gasteiger partial charge is 0.497 e. The lowest BCUT2D eigenvalue weighted by molar-refractivity contribution is 0.162. The number of amides is 2. The molecule has 1 aliphatic heterocycles. The summed E-state index contributed by atoms with van der Waals surface area (Å²) >= 11 is 1.50. The summed E-state index contributed by atoms with van der Waals surface area (Å²) in [5, 5.41) is 8.62. The number of nitrogens with zero attached hydrogens (tertiary/aromatic N) is 2. The Hall–Kier alpha value is -2.97. The number of nitrogens with one attached hydrogen (secondary N) is 2. The molecule has 8 heteroatoms. The van der Waals surface area contributed by atoms with Crippen molar-refractivity contribution in [2.75, 3.05) is 50.1 Å².